The van der Waals surface area contributed by atoms with Crippen molar-refractivity contribution in [2.45, 2.75) is 39.2 Å². The molecule has 0 aliphatic carbocycles. The molecule has 1 saturated heterocycles. The molecule has 2 aromatic carbocycles. The van der Waals surface area contributed by atoms with Crippen LogP contribution in [0.1, 0.15) is 57.5 Å². The Labute approximate surface area is 181 Å². The third-order valence-corrected chi connectivity index (χ3v) is 5.72. The number of benzene rings is 2. The third kappa shape index (κ3) is 4.35. The summed E-state index contributed by atoms with van der Waals surface area (Å²) in [6.07, 6.45) is 2.52. The molecule has 0 radical (unpaired) electrons. The maximum atomic E-state index is 12.5. The second kappa shape index (κ2) is 8.71. The number of hydrogen-bond donors (Lipinski definition) is 1. The Balaban J connectivity index is 1.31. The van der Waals surface area contributed by atoms with Gasteiger partial charge in [0.1, 0.15) is 0 Å². The molecule has 4 amide bonds. The lowest BCUT2D eigenvalue weighted by atomic mass is 10.1. The van der Waals surface area contributed by atoms with E-state index in [-0.39, 0.29) is 36.6 Å². The number of piperidine rings is 1. The van der Waals surface area contributed by atoms with Gasteiger partial charge in [-0.25, -0.2) is 0 Å². The van der Waals surface area contributed by atoms with Crippen LogP contribution in [-0.2, 0) is 16.1 Å². The molecule has 2 aliphatic heterocycles. The monoisotopic (exact) mass is 419 g/mol. The molecule has 1 N–H and O–H groups in total. The van der Waals surface area contributed by atoms with E-state index in [9.17, 15) is 19.2 Å². The van der Waals surface area contributed by atoms with Crippen molar-refractivity contribution < 1.29 is 19.2 Å². The number of imide groups is 1. The van der Waals surface area contributed by atoms with E-state index in [4.69, 9.17) is 0 Å². The van der Waals surface area contributed by atoms with Crippen LogP contribution in [0.15, 0.2) is 42.5 Å². The fourth-order valence-corrected chi connectivity index (χ4v) is 4.02. The van der Waals surface area contributed by atoms with Crippen LogP contribution in [0.25, 0.3) is 0 Å². The number of fused-ring (bicyclic) bond motifs is 1. The van der Waals surface area contributed by atoms with Gasteiger partial charge in [-0.05, 0) is 49.6 Å². The highest BCUT2D eigenvalue weighted by molar-refractivity contribution is 6.21. The molecule has 31 heavy (non-hydrogen) atoms. The lowest BCUT2D eigenvalue weighted by molar-refractivity contribution is -0.121. The molecule has 4 rings (SSSR count). The smallest absolute Gasteiger partial charge is 0.261 e. The topological polar surface area (TPSA) is 86.8 Å². The van der Waals surface area contributed by atoms with Gasteiger partial charge in [-0.1, -0.05) is 23.8 Å². The Hall–Kier alpha value is -3.48. The summed E-state index contributed by atoms with van der Waals surface area (Å²) in [5, 5.41) is 2.83. The molecular formula is C24H25N3O4. The number of nitrogens with one attached hydrogen (secondary N) is 1. The summed E-state index contributed by atoms with van der Waals surface area (Å²) in [5.41, 5.74) is 3.43. The van der Waals surface area contributed by atoms with Crippen LogP contribution in [0.4, 0.5) is 5.69 Å². The maximum absolute atomic E-state index is 12.5. The first-order valence-electron chi connectivity index (χ1n) is 10.6. The summed E-state index contributed by atoms with van der Waals surface area (Å²) in [4.78, 5) is 52.4. The van der Waals surface area contributed by atoms with Gasteiger partial charge in [-0.15, -0.1) is 0 Å². The average molecular weight is 419 g/mol. The van der Waals surface area contributed by atoms with Crippen molar-refractivity contribution in [2.24, 2.45) is 0 Å². The predicted octanol–water partition coefficient (Wildman–Crippen LogP) is 2.81. The standard InChI is InChI=1S/C24H25N3O4/c1-16-8-9-19-20(13-16)24(31)27(23(19)30)12-10-21(28)25-15-17-5-4-6-18(14-17)26-11-3-2-7-22(26)29/h4-6,8-9,13-14H,2-3,7,10-12,15H2,1H3,(H,25,28). The minimum Gasteiger partial charge on any atom is -0.352 e. The van der Waals surface area contributed by atoms with Crippen LogP contribution in [0, 0.1) is 6.92 Å². The predicted molar refractivity (Wildman–Crippen MR) is 116 cm³/mol. The Morgan fingerprint density at radius 3 is 2.61 bits per heavy atom. The quantitative estimate of drug-likeness (QED) is 0.730. The summed E-state index contributed by atoms with van der Waals surface area (Å²) in [6.45, 7) is 2.94. The highest BCUT2D eigenvalue weighted by Crippen LogP contribution is 2.24. The number of anilines is 1. The number of hydrogen-bond acceptors (Lipinski definition) is 4. The van der Waals surface area contributed by atoms with Gasteiger partial charge in [0.15, 0.2) is 0 Å². The average Bonchev–Trinajstić information content (AvgIpc) is 3.00. The van der Waals surface area contributed by atoms with Crippen LogP contribution in [-0.4, -0.2) is 41.6 Å². The van der Waals surface area contributed by atoms with Crippen LogP contribution in [0.2, 0.25) is 0 Å². The van der Waals surface area contributed by atoms with Crippen molar-refractivity contribution in [1.29, 1.82) is 0 Å². The largest absolute Gasteiger partial charge is 0.352 e. The normalized spacial score (nSPS) is 16.0. The fourth-order valence-electron chi connectivity index (χ4n) is 4.02. The van der Waals surface area contributed by atoms with Crippen molar-refractivity contribution in [3.63, 3.8) is 0 Å². The summed E-state index contributed by atoms with van der Waals surface area (Å²) < 4.78 is 0. The maximum Gasteiger partial charge on any atom is 0.261 e. The SMILES string of the molecule is Cc1ccc2c(c1)C(=O)N(CCC(=O)NCc1cccc(N3CCCCC3=O)c1)C2=O. The molecule has 2 heterocycles. The molecule has 2 aromatic rings. The van der Waals surface area contributed by atoms with E-state index < -0.39 is 0 Å². The minimum absolute atomic E-state index is 0.0365. The molecule has 0 spiro atoms. The summed E-state index contributed by atoms with van der Waals surface area (Å²) >= 11 is 0. The fraction of sp³-hybridized carbons (Fsp3) is 0.333. The summed E-state index contributed by atoms with van der Waals surface area (Å²) in [7, 11) is 0. The first-order valence-corrected chi connectivity index (χ1v) is 10.6. The molecular weight excluding hydrogens is 394 g/mol. The highest BCUT2D eigenvalue weighted by Gasteiger charge is 2.35. The van der Waals surface area contributed by atoms with Gasteiger partial charge in [-0.3, -0.25) is 24.1 Å². The van der Waals surface area contributed by atoms with E-state index in [1.807, 2.05) is 31.2 Å². The Morgan fingerprint density at radius 1 is 1.00 bits per heavy atom. The Bertz CT molecular complexity index is 1060. The number of amides is 4. The molecule has 160 valence electrons. The van der Waals surface area contributed by atoms with Crippen molar-refractivity contribution in [3.8, 4) is 0 Å². The molecule has 0 aromatic heterocycles. The van der Waals surface area contributed by atoms with Gasteiger partial charge in [0.2, 0.25) is 11.8 Å². The lowest BCUT2D eigenvalue weighted by Crippen LogP contribution is -2.35. The first kappa shape index (κ1) is 20.8. The number of carbonyl (C=O) groups is 4. The van der Waals surface area contributed by atoms with Gasteiger partial charge in [0.05, 0.1) is 11.1 Å². The van der Waals surface area contributed by atoms with E-state index >= 15 is 0 Å². The van der Waals surface area contributed by atoms with E-state index in [1.54, 1.807) is 23.1 Å². The van der Waals surface area contributed by atoms with Crippen LogP contribution in [0.5, 0.6) is 0 Å². The number of carbonyl (C=O) groups excluding carboxylic acids is 4. The zero-order valence-corrected chi connectivity index (χ0v) is 17.5. The Kier molecular flexibility index (Phi) is 5.84. The van der Waals surface area contributed by atoms with Crippen molar-refractivity contribution in [3.05, 3.63) is 64.7 Å². The molecule has 0 atom stereocenters. The van der Waals surface area contributed by atoms with Gasteiger partial charge in [-0.2, -0.15) is 0 Å². The zero-order valence-electron chi connectivity index (χ0n) is 17.5. The molecule has 2 aliphatic rings. The van der Waals surface area contributed by atoms with E-state index in [0.29, 0.717) is 30.6 Å². The molecule has 1 fully saturated rings. The molecule has 0 saturated carbocycles. The zero-order chi connectivity index (χ0) is 22.0. The molecule has 7 heteroatoms. The minimum atomic E-state index is -0.355. The van der Waals surface area contributed by atoms with E-state index in [0.717, 1.165) is 34.6 Å². The van der Waals surface area contributed by atoms with Crippen molar-refractivity contribution >= 4 is 29.3 Å². The van der Waals surface area contributed by atoms with E-state index in [1.165, 1.54) is 0 Å². The lowest BCUT2D eigenvalue weighted by Gasteiger charge is -2.27. The summed E-state index contributed by atoms with van der Waals surface area (Å²) in [6, 6.07) is 12.7. The first-order chi connectivity index (χ1) is 14.9. The van der Waals surface area contributed by atoms with Gasteiger partial charge >= 0.3 is 0 Å². The number of rotatable bonds is 6. The second-order valence-electron chi connectivity index (χ2n) is 8.01. The van der Waals surface area contributed by atoms with Gasteiger partial charge in [0, 0.05) is 38.2 Å². The number of nitrogens with zero attached hydrogens (tertiary/aromatic N) is 2. The number of aryl methyl sites for hydroxylation is 1. The van der Waals surface area contributed by atoms with Crippen LogP contribution >= 0.6 is 0 Å². The molecule has 7 nitrogen and oxygen atoms in total. The van der Waals surface area contributed by atoms with Gasteiger partial charge in [0.25, 0.3) is 11.8 Å². The summed E-state index contributed by atoms with van der Waals surface area (Å²) in [5.74, 6) is -0.821. The molecule has 0 bridgehead atoms. The van der Waals surface area contributed by atoms with Crippen LogP contribution < -0.4 is 10.2 Å². The second-order valence-corrected chi connectivity index (χ2v) is 8.01. The van der Waals surface area contributed by atoms with E-state index in [2.05, 4.69) is 5.32 Å². The van der Waals surface area contributed by atoms with Crippen LogP contribution in [0.3, 0.4) is 0 Å². The van der Waals surface area contributed by atoms with Crippen molar-refractivity contribution in [2.75, 3.05) is 18.0 Å². The molecule has 0 unspecified atom stereocenters. The highest BCUT2D eigenvalue weighted by atomic mass is 16.2. The van der Waals surface area contributed by atoms with Gasteiger partial charge < -0.3 is 10.2 Å². The van der Waals surface area contributed by atoms with Crippen molar-refractivity contribution in [1.82, 2.24) is 10.2 Å². The third-order valence-electron chi connectivity index (χ3n) is 5.72. The Morgan fingerprint density at radius 2 is 1.81 bits per heavy atom.